The van der Waals surface area contributed by atoms with Crippen molar-refractivity contribution in [3.8, 4) is 11.5 Å². The second-order valence-corrected chi connectivity index (χ2v) is 8.95. The minimum atomic E-state index is -4.02. The van der Waals surface area contributed by atoms with Crippen LogP contribution in [-0.4, -0.2) is 32.5 Å². The summed E-state index contributed by atoms with van der Waals surface area (Å²) in [6.07, 6.45) is 1.55. The van der Waals surface area contributed by atoms with Gasteiger partial charge in [0.2, 0.25) is 0 Å². The fourth-order valence-electron chi connectivity index (χ4n) is 2.96. The van der Waals surface area contributed by atoms with Gasteiger partial charge in [0, 0.05) is 12.6 Å². The summed E-state index contributed by atoms with van der Waals surface area (Å²) in [6.45, 7) is 4.25. The summed E-state index contributed by atoms with van der Waals surface area (Å²) >= 11 is 0. The van der Waals surface area contributed by atoms with Crippen molar-refractivity contribution in [2.24, 2.45) is 0 Å². The molecule has 2 aromatic carbocycles. The number of hydrogen-bond donors (Lipinski definition) is 1. The van der Waals surface area contributed by atoms with Crippen molar-refractivity contribution in [3.63, 3.8) is 0 Å². The lowest BCUT2D eigenvalue weighted by atomic mass is 10.2. The smallest absolute Gasteiger partial charge is 0.339 e. The van der Waals surface area contributed by atoms with Crippen molar-refractivity contribution < 1.29 is 26.5 Å². The number of carbonyl (C=O) groups excluding carboxylic acids is 1. The van der Waals surface area contributed by atoms with Crippen molar-refractivity contribution in [3.05, 3.63) is 78.3 Å². The average molecular weight is 459 g/mol. The van der Waals surface area contributed by atoms with Gasteiger partial charge in [-0.1, -0.05) is 12.1 Å². The van der Waals surface area contributed by atoms with Crippen LogP contribution in [0.4, 0.5) is 4.79 Å². The third kappa shape index (κ3) is 6.27. The lowest BCUT2D eigenvalue weighted by Gasteiger charge is -2.24. The van der Waals surface area contributed by atoms with E-state index in [0.29, 0.717) is 17.1 Å². The third-order valence-corrected chi connectivity index (χ3v) is 5.71. The second kappa shape index (κ2) is 10.2. The lowest BCUT2D eigenvalue weighted by Crippen LogP contribution is -2.42. The number of methoxy groups -OCH3 is 1. The number of furan rings is 1. The summed E-state index contributed by atoms with van der Waals surface area (Å²) < 4.78 is 41.0. The molecule has 0 unspecified atom stereocenters. The van der Waals surface area contributed by atoms with Crippen LogP contribution in [0.25, 0.3) is 0 Å². The number of nitrogens with one attached hydrogen (secondary N) is 1. The van der Waals surface area contributed by atoms with Crippen LogP contribution in [-0.2, 0) is 23.2 Å². The Morgan fingerprint density at radius 1 is 1.03 bits per heavy atom. The first-order valence-electron chi connectivity index (χ1n) is 10.0. The Balaban J connectivity index is 1.77. The van der Waals surface area contributed by atoms with Gasteiger partial charge in [-0.15, -0.1) is 0 Å². The zero-order valence-electron chi connectivity index (χ0n) is 18.1. The summed E-state index contributed by atoms with van der Waals surface area (Å²) in [5, 5.41) is 2.87. The molecule has 3 aromatic rings. The highest BCUT2D eigenvalue weighted by Crippen LogP contribution is 2.23. The van der Waals surface area contributed by atoms with Gasteiger partial charge >= 0.3 is 16.1 Å². The summed E-state index contributed by atoms with van der Waals surface area (Å²) in [6, 6.07) is 15.8. The standard InChI is InChI=1S/C23H26N2O6S/c1-17(2)24-23(26)25(16-21-8-5-13-30-21)15-18-6-4-7-20(14-18)31-32(27,28)22-11-9-19(29-3)10-12-22/h4-14,17H,15-16H2,1-3H3,(H,24,26). The molecule has 0 bridgehead atoms. The summed E-state index contributed by atoms with van der Waals surface area (Å²) in [5.41, 5.74) is 0.706. The average Bonchev–Trinajstić information content (AvgIpc) is 3.26. The number of nitrogens with zero attached hydrogens (tertiary/aromatic N) is 1. The predicted molar refractivity (Wildman–Crippen MR) is 119 cm³/mol. The van der Waals surface area contributed by atoms with Crippen LogP contribution in [0, 0.1) is 0 Å². The zero-order chi connectivity index (χ0) is 23.1. The van der Waals surface area contributed by atoms with Gasteiger partial charge in [0.25, 0.3) is 0 Å². The fourth-order valence-corrected chi connectivity index (χ4v) is 3.88. The number of benzene rings is 2. The monoisotopic (exact) mass is 458 g/mol. The molecule has 170 valence electrons. The maximum absolute atomic E-state index is 12.7. The normalized spacial score (nSPS) is 11.2. The number of carbonyl (C=O) groups is 1. The molecule has 0 saturated heterocycles. The molecule has 2 amide bonds. The van der Waals surface area contributed by atoms with Gasteiger partial charge < -0.3 is 23.6 Å². The van der Waals surface area contributed by atoms with Crippen molar-refractivity contribution >= 4 is 16.1 Å². The maximum Gasteiger partial charge on any atom is 0.339 e. The Labute approximate surface area is 187 Å². The van der Waals surface area contributed by atoms with Gasteiger partial charge in [-0.2, -0.15) is 8.42 Å². The molecule has 8 nitrogen and oxygen atoms in total. The molecule has 9 heteroatoms. The Kier molecular flexibility index (Phi) is 7.42. The van der Waals surface area contributed by atoms with Crippen LogP contribution in [0.1, 0.15) is 25.2 Å². The van der Waals surface area contributed by atoms with Crippen LogP contribution >= 0.6 is 0 Å². The van der Waals surface area contributed by atoms with E-state index >= 15 is 0 Å². The SMILES string of the molecule is COc1ccc(S(=O)(=O)Oc2cccc(CN(Cc3ccco3)C(=O)NC(C)C)c2)cc1. The molecule has 0 radical (unpaired) electrons. The topological polar surface area (TPSA) is 98.1 Å². The zero-order valence-corrected chi connectivity index (χ0v) is 19.0. The van der Waals surface area contributed by atoms with Gasteiger partial charge in [-0.05, 0) is 67.9 Å². The van der Waals surface area contributed by atoms with E-state index in [-0.39, 0.29) is 35.8 Å². The number of amides is 2. The number of urea groups is 1. The molecule has 0 atom stereocenters. The molecule has 0 fully saturated rings. The lowest BCUT2D eigenvalue weighted by molar-refractivity contribution is 0.184. The van der Waals surface area contributed by atoms with Gasteiger partial charge in [-0.3, -0.25) is 0 Å². The molecule has 32 heavy (non-hydrogen) atoms. The van der Waals surface area contributed by atoms with Crippen molar-refractivity contribution in [2.75, 3.05) is 7.11 Å². The Bertz CT molecular complexity index is 1130. The van der Waals surface area contributed by atoms with E-state index in [4.69, 9.17) is 13.3 Å². The van der Waals surface area contributed by atoms with E-state index < -0.39 is 10.1 Å². The van der Waals surface area contributed by atoms with E-state index in [1.807, 2.05) is 13.8 Å². The molecule has 0 aliphatic heterocycles. The van der Waals surface area contributed by atoms with Gasteiger partial charge in [0.1, 0.15) is 22.2 Å². The predicted octanol–water partition coefficient (Wildman–Crippen LogP) is 4.18. The summed E-state index contributed by atoms with van der Waals surface area (Å²) in [7, 11) is -2.52. The largest absolute Gasteiger partial charge is 0.497 e. The van der Waals surface area contributed by atoms with Gasteiger partial charge in [-0.25, -0.2) is 4.79 Å². The Morgan fingerprint density at radius 3 is 2.41 bits per heavy atom. The molecule has 3 rings (SSSR count). The van der Waals surface area contributed by atoms with Crippen LogP contribution in [0.5, 0.6) is 11.5 Å². The van der Waals surface area contributed by atoms with E-state index in [1.54, 1.807) is 59.7 Å². The molecule has 1 N–H and O–H groups in total. The van der Waals surface area contributed by atoms with E-state index in [9.17, 15) is 13.2 Å². The van der Waals surface area contributed by atoms with Crippen molar-refractivity contribution in [1.29, 1.82) is 0 Å². The highest BCUT2D eigenvalue weighted by molar-refractivity contribution is 7.87. The molecular weight excluding hydrogens is 432 g/mol. The quantitative estimate of drug-likeness (QED) is 0.483. The highest BCUT2D eigenvalue weighted by Gasteiger charge is 2.19. The summed E-state index contributed by atoms with van der Waals surface area (Å²) in [4.78, 5) is 14.3. The number of hydrogen-bond acceptors (Lipinski definition) is 6. The van der Waals surface area contributed by atoms with Gasteiger partial charge in [0.15, 0.2) is 0 Å². The van der Waals surface area contributed by atoms with Crippen LogP contribution in [0.2, 0.25) is 0 Å². The van der Waals surface area contributed by atoms with E-state index in [0.717, 1.165) is 0 Å². The molecule has 0 aliphatic rings. The Morgan fingerprint density at radius 2 is 1.78 bits per heavy atom. The molecule has 1 aromatic heterocycles. The first kappa shape index (κ1) is 23.2. The molecule has 0 aliphatic carbocycles. The van der Waals surface area contributed by atoms with Crippen LogP contribution in [0.3, 0.4) is 0 Å². The van der Waals surface area contributed by atoms with Gasteiger partial charge in [0.05, 0.1) is 19.9 Å². The Hall–Kier alpha value is -3.46. The van der Waals surface area contributed by atoms with E-state index in [2.05, 4.69) is 5.32 Å². The first-order valence-corrected chi connectivity index (χ1v) is 11.4. The minimum Gasteiger partial charge on any atom is -0.497 e. The highest BCUT2D eigenvalue weighted by atomic mass is 32.2. The third-order valence-electron chi connectivity index (χ3n) is 4.45. The maximum atomic E-state index is 12.7. The fraction of sp³-hybridized carbons (Fsp3) is 0.261. The molecular formula is C23H26N2O6S. The van der Waals surface area contributed by atoms with Crippen LogP contribution < -0.4 is 14.2 Å². The minimum absolute atomic E-state index is 0.0134. The van der Waals surface area contributed by atoms with Crippen molar-refractivity contribution in [1.82, 2.24) is 10.2 Å². The number of ether oxygens (including phenoxy) is 1. The molecule has 0 saturated carbocycles. The molecule has 1 heterocycles. The first-order chi connectivity index (χ1) is 15.3. The van der Waals surface area contributed by atoms with Crippen molar-refractivity contribution in [2.45, 2.75) is 37.9 Å². The van der Waals surface area contributed by atoms with Crippen LogP contribution in [0.15, 0.2) is 76.2 Å². The van der Waals surface area contributed by atoms with E-state index in [1.165, 1.54) is 19.2 Å². The molecule has 0 spiro atoms. The number of rotatable bonds is 9. The summed E-state index contributed by atoms with van der Waals surface area (Å²) in [5.74, 6) is 1.33. The second-order valence-electron chi connectivity index (χ2n) is 7.40.